The molecule has 0 spiro atoms. The van der Waals surface area contributed by atoms with Crippen LogP contribution in [0.1, 0.15) is 23.9 Å². The van der Waals surface area contributed by atoms with E-state index in [4.69, 9.17) is 4.52 Å². The molecule has 1 aliphatic rings. The quantitative estimate of drug-likeness (QED) is 0.803. The summed E-state index contributed by atoms with van der Waals surface area (Å²) in [4.78, 5) is 11.7. The number of rotatable bonds is 4. The summed E-state index contributed by atoms with van der Waals surface area (Å²) in [6.07, 6.45) is 0.771. The van der Waals surface area contributed by atoms with Crippen molar-refractivity contribution in [3.05, 3.63) is 17.0 Å². The van der Waals surface area contributed by atoms with E-state index < -0.39 is 0 Å². The normalized spacial score (nSPS) is 17.6. The van der Waals surface area contributed by atoms with Crippen molar-refractivity contribution in [2.24, 2.45) is 5.92 Å². The van der Waals surface area contributed by atoms with E-state index in [0.717, 1.165) is 36.5 Å². The average Bonchev–Trinajstić information content (AvgIpc) is 2.46. The molecule has 2 heterocycles. The molecule has 1 aromatic heterocycles. The summed E-state index contributed by atoms with van der Waals surface area (Å²) in [6, 6.07) is 0.111. The number of carbonyl (C=O) groups is 1. The van der Waals surface area contributed by atoms with Crippen LogP contribution in [-0.2, 0) is 11.2 Å². The Labute approximate surface area is 101 Å². The van der Waals surface area contributed by atoms with Crippen LogP contribution in [0.15, 0.2) is 4.52 Å². The lowest BCUT2D eigenvalue weighted by Crippen LogP contribution is -2.52. The van der Waals surface area contributed by atoms with Gasteiger partial charge in [0, 0.05) is 24.7 Å². The molecule has 0 bridgehead atoms. The lowest BCUT2D eigenvalue weighted by molar-refractivity contribution is -0.127. The van der Waals surface area contributed by atoms with Crippen LogP contribution < -0.4 is 10.6 Å². The molecule has 0 aromatic carbocycles. The lowest BCUT2D eigenvalue weighted by Gasteiger charge is -2.27. The van der Waals surface area contributed by atoms with E-state index >= 15 is 0 Å². The topological polar surface area (TPSA) is 67.2 Å². The van der Waals surface area contributed by atoms with Gasteiger partial charge in [-0.15, -0.1) is 0 Å². The molecule has 5 nitrogen and oxygen atoms in total. The van der Waals surface area contributed by atoms with E-state index in [1.54, 1.807) is 0 Å². The Kier molecular flexibility index (Phi) is 3.47. The number of carbonyl (C=O) groups excluding carboxylic acids is 1. The van der Waals surface area contributed by atoms with Gasteiger partial charge in [-0.1, -0.05) is 5.16 Å². The van der Waals surface area contributed by atoms with Gasteiger partial charge in [0.15, 0.2) is 0 Å². The maximum atomic E-state index is 11.7. The second-order valence-corrected chi connectivity index (χ2v) is 4.77. The minimum Gasteiger partial charge on any atom is -0.361 e. The summed E-state index contributed by atoms with van der Waals surface area (Å²) >= 11 is 0. The highest BCUT2D eigenvalue weighted by Gasteiger charge is 2.26. The van der Waals surface area contributed by atoms with Gasteiger partial charge in [-0.25, -0.2) is 0 Å². The standard InChI is InChI=1S/C12H19N3O2/c1-7(14-12(16)10-5-13-6-10)4-11-8(2)15-17-9(11)3/h7,10,13H,4-6H2,1-3H3,(H,14,16). The minimum atomic E-state index is 0.111. The van der Waals surface area contributed by atoms with Crippen molar-refractivity contribution >= 4 is 5.91 Å². The molecule has 1 saturated heterocycles. The van der Waals surface area contributed by atoms with Crippen LogP contribution in [0.2, 0.25) is 0 Å². The van der Waals surface area contributed by atoms with Crippen LogP contribution >= 0.6 is 0 Å². The summed E-state index contributed by atoms with van der Waals surface area (Å²) < 4.78 is 5.11. The van der Waals surface area contributed by atoms with Gasteiger partial charge in [0.25, 0.3) is 0 Å². The fourth-order valence-corrected chi connectivity index (χ4v) is 1.99. The predicted octanol–water partition coefficient (Wildman–Crippen LogP) is 0.558. The number of aryl methyl sites for hydroxylation is 2. The van der Waals surface area contributed by atoms with E-state index in [2.05, 4.69) is 15.8 Å². The van der Waals surface area contributed by atoms with Crippen molar-refractivity contribution in [3.63, 3.8) is 0 Å². The highest BCUT2D eigenvalue weighted by Crippen LogP contribution is 2.14. The maximum absolute atomic E-state index is 11.7. The molecule has 0 aliphatic carbocycles. The van der Waals surface area contributed by atoms with Crippen LogP contribution in [-0.4, -0.2) is 30.2 Å². The third-order valence-corrected chi connectivity index (χ3v) is 3.23. The SMILES string of the molecule is Cc1noc(C)c1CC(C)NC(=O)C1CNC1. The predicted molar refractivity (Wildman–Crippen MR) is 63.6 cm³/mol. The molecule has 1 fully saturated rings. The summed E-state index contributed by atoms with van der Waals surface area (Å²) in [5, 5.41) is 10.0. The number of nitrogens with zero attached hydrogens (tertiary/aromatic N) is 1. The minimum absolute atomic E-state index is 0.111. The van der Waals surface area contributed by atoms with Gasteiger partial charge >= 0.3 is 0 Å². The molecular formula is C12H19N3O2. The molecule has 1 amide bonds. The molecule has 2 N–H and O–H groups in total. The van der Waals surface area contributed by atoms with Gasteiger partial charge in [0.2, 0.25) is 5.91 Å². The van der Waals surface area contributed by atoms with Crippen molar-refractivity contribution in [3.8, 4) is 0 Å². The van der Waals surface area contributed by atoms with Crippen LogP contribution in [0.25, 0.3) is 0 Å². The van der Waals surface area contributed by atoms with Gasteiger partial charge in [-0.3, -0.25) is 4.79 Å². The highest BCUT2D eigenvalue weighted by molar-refractivity contribution is 5.80. The summed E-state index contributed by atoms with van der Waals surface area (Å²) in [6.45, 7) is 7.43. The Morgan fingerprint density at radius 1 is 1.59 bits per heavy atom. The first-order valence-corrected chi connectivity index (χ1v) is 6.00. The highest BCUT2D eigenvalue weighted by atomic mass is 16.5. The van der Waals surface area contributed by atoms with E-state index in [0.29, 0.717) is 0 Å². The van der Waals surface area contributed by atoms with Gasteiger partial charge in [-0.05, 0) is 27.2 Å². The smallest absolute Gasteiger partial charge is 0.225 e. The van der Waals surface area contributed by atoms with E-state index in [-0.39, 0.29) is 17.9 Å². The van der Waals surface area contributed by atoms with Gasteiger partial charge in [0.1, 0.15) is 5.76 Å². The second-order valence-electron chi connectivity index (χ2n) is 4.77. The van der Waals surface area contributed by atoms with Gasteiger partial charge < -0.3 is 15.2 Å². The zero-order valence-electron chi connectivity index (χ0n) is 10.5. The third kappa shape index (κ3) is 2.66. The molecule has 1 aliphatic heterocycles. The third-order valence-electron chi connectivity index (χ3n) is 3.23. The Hall–Kier alpha value is -1.36. The van der Waals surface area contributed by atoms with E-state index in [1.807, 2.05) is 20.8 Å². The summed E-state index contributed by atoms with van der Waals surface area (Å²) in [5.41, 5.74) is 2.01. The monoisotopic (exact) mass is 237 g/mol. The largest absolute Gasteiger partial charge is 0.361 e. The first-order chi connectivity index (χ1) is 8.08. The van der Waals surface area contributed by atoms with Crippen molar-refractivity contribution in [2.45, 2.75) is 33.2 Å². The van der Waals surface area contributed by atoms with Crippen molar-refractivity contribution < 1.29 is 9.32 Å². The number of hydrogen-bond donors (Lipinski definition) is 2. The Balaban J connectivity index is 1.88. The van der Waals surface area contributed by atoms with Crippen LogP contribution in [0.5, 0.6) is 0 Å². The molecule has 1 aromatic rings. The van der Waals surface area contributed by atoms with Crippen molar-refractivity contribution in [1.29, 1.82) is 0 Å². The maximum Gasteiger partial charge on any atom is 0.225 e. The van der Waals surface area contributed by atoms with Crippen LogP contribution in [0.3, 0.4) is 0 Å². The van der Waals surface area contributed by atoms with Crippen molar-refractivity contribution in [1.82, 2.24) is 15.8 Å². The molecular weight excluding hydrogens is 218 g/mol. The number of hydrogen-bond acceptors (Lipinski definition) is 4. The summed E-state index contributed by atoms with van der Waals surface area (Å²) in [7, 11) is 0. The average molecular weight is 237 g/mol. The zero-order valence-corrected chi connectivity index (χ0v) is 10.5. The fourth-order valence-electron chi connectivity index (χ4n) is 1.99. The van der Waals surface area contributed by atoms with Gasteiger partial charge in [0.05, 0.1) is 11.6 Å². The zero-order chi connectivity index (χ0) is 12.4. The first-order valence-electron chi connectivity index (χ1n) is 6.00. The molecule has 94 valence electrons. The Morgan fingerprint density at radius 2 is 2.29 bits per heavy atom. The number of amides is 1. The van der Waals surface area contributed by atoms with E-state index in [9.17, 15) is 4.79 Å². The van der Waals surface area contributed by atoms with Gasteiger partial charge in [-0.2, -0.15) is 0 Å². The lowest BCUT2D eigenvalue weighted by atomic mass is 10.0. The number of nitrogens with one attached hydrogen (secondary N) is 2. The summed E-state index contributed by atoms with van der Waals surface area (Å²) in [5.74, 6) is 1.12. The fraction of sp³-hybridized carbons (Fsp3) is 0.667. The Morgan fingerprint density at radius 3 is 2.76 bits per heavy atom. The van der Waals surface area contributed by atoms with Crippen molar-refractivity contribution in [2.75, 3.05) is 13.1 Å². The van der Waals surface area contributed by atoms with Crippen LogP contribution in [0, 0.1) is 19.8 Å². The molecule has 2 rings (SSSR count). The molecule has 17 heavy (non-hydrogen) atoms. The van der Waals surface area contributed by atoms with Crippen LogP contribution in [0.4, 0.5) is 0 Å². The molecule has 1 unspecified atom stereocenters. The number of aromatic nitrogens is 1. The second kappa shape index (κ2) is 4.87. The molecule has 1 atom stereocenters. The molecule has 0 radical (unpaired) electrons. The first kappa shape index (κ1) is 12.1. The molecule has 0 saturated carbocycles. The van der Waals surface area contributed by atoms with E-state index in [1.165, 1.54) is 0 Å². The Bertz CT molecular complexity index is 390. The molecule has 5 heteroatoms.